The zero-order chi connectivity index (χ0) is 23.0. The molecule has 0 aliphatic heterocycles. The molecule has 0 aliphatic rings. The Morgan fingerprint density at radius 1 is 1.00 bits per heavy atom. The van der Waals surface area contributed by atoms with Crippen molar-refractivity contribution < 1.29 is 14.3 Å². The largest absolute Gasteiger partial charge is 0.493 e. The van der Waals surface area contributed by atoms with E-state index >= 15 is 0 Å². The van der Waals surface area contributed by atoms with Crippen LogP contribution in [0.2, 0.25) is 0 Å². The molecule has 0 spiro atoms. The van der Waals surface area contributed by atoms with Crippen LogP contribution in [0.1, 0.15) is 42.0 Å². The van der Waals surface area contributed by atoms with E-state index in [1.807, 2.05) is 49.4 Å². The van der Waals surface area contributed by atoms with Gasteiger partial charge >= 0.3 is 0 Å². The molecule has 0 saturated heterocycles. The van der Waals surface area contributed by atoms with Gasteiger partial charge in [0.1, 0.15) is 5.82 Å². The fraction of sp³-hybridized carbons (Fsp3) is 0.269. The molecule has 0 fully saturated rings. The summed E-state index contributed by atoms with van der Waals surface area (Å²) >= 11 is 0. The van der Waals surface area contributed by atoms with Gasteiger partial charge in [0.05, 0.1) is 30.8 Å². The summed E-state index contributed by atoms with van der Waals surface area (Å²) in [7, 11) is 1.64. The van der Waals surface area contributed by atoms with Gasteiger partial charge < -0.3 is 19.4 Å². The molecule has 0 saturated carbocycles. The van der Waals surface area contributed by atoms with Crippen molar-refractivity contribution in [3.8, 4) is 11.5 Å². The molecular formula is C26H28N4O3. The summed E-state index contributed by atoms with van der Waals surface area (Å²) in [6, 6.07) is 18.9. The van der Waals surface area contributed by atoms with Gasteiger partial charge in [0.15, 0.2) is 11.5 Å². The normalized spacial score (nSPS) is 11.8. The molecule has 4 aromatic rings. The molecule has 1 N–H and O–H groups in total. The quantitative estimate of drug-likeness (QED) is 0.356. The van der Waals surface area contributed by atoms with Gasteiger partial charge in [-0.1, -0.05) is 24.3 Å². The molecule has 33 heavy (non-hydrogen) atoms. The number of nitrogens with zero attached hydrogens (tertiary/aromatic N) is 3. The summed E-state index contributed by atoms with van der Waals surface area (Å²) in [6.07, 6.45) is 5.01. The lowest BCUT2D eigenvalue weighted by molar-refractivity contribution is 0.0937. The van der Waals surface area contributed by atoms with E-state index in [2.05, 4.69) is 20.9 Å². The first-order valence-corrected chi connectivity index (χ1v) is 11.1. The van der Waals surface area contributed by atoms with Crippen LogP contribution in [0.4, 0.5) is 0 Å². The molecule has 1 unspecified atom stereocenters. The van der Waals surface area contributed by atoms with E-state index in [9.17, 15) is 4.79 Å². The van der Waals surface area contributed by atoms with Gasteiger partial charge in [0.2, 0.25) is 0 Å². The van der Waals surface area contributed by atoms with Crippen LogP contribution in [0, 0.1) is 0 Å². The van der Waals surface area contributed by atoms with E-state index in [0.29, 0.717) is 12.2 Å². The number of methoxy groups -OCH3 is 1. The Hall–Kier alpha value is -3.87. The second-order valence-corrected chi connectivity index (χ2v) is 7.75. The zero-order valence-corrected chi connectivity index (χ0v) is 18.9. The number of nitrogens with one attached hydrogen (secondary N) is 1. The molecule has 7 heteroatoms. The highest BCUT2D eigenvalue weighted by molar-refractivity contribution is 5.94. The van der Waals surface area contributed by atoms with Crippen LogP contribution >= 0.6 is 0 Å². The lowest BCUT2D eigenvalue weighted by Gasteiger charge is -2.17. The van der Waals surface area contributed by atoms with Crippen molar-refractivity contribution >= 4 is 16.9 Å². The first kappa shape index (κ1) is 22.3. The smallest absolute Gasteiger partial charge is 0.251 e. The number of pyridine rings is 1. The van der Waals surface area contributed by atoms with Crippen LogP contribution in [0.25, 0.3) is 11.0 Å². The van der Waals surface area contributed by atoms with E-state index in [-0.39, 0.29) is 11.9 Å². The molecule has 7 nitrogen and oxygen atoms in total. The highest BCUT2D eigenvalue weighted by atomic mass is 16.5. The summed E-state index contributed by atoms with van der Waals surface area (Å²) in [5.41, 5.74) is 2.55. The molecule has 1 amide bonds. The lowest BCUT2D eigenvalue weighted by atomic mass is 10.2. The Labute approximate surface area is 193 Å². The van der Waals surface area contributed by atoms with Crippen molar-refractivity contribution in [1.82, 2.24) is 19.9 Å². The van der Waals surface area contributed by atoms with Gasteiger partial charge in [-0.3, -0.25) is 9.78 Å². The second-order valence-electron chi connectivity index (χ2n) is 7.75. The molecule has 2 heterocycles. The summed E-state index contributed by atoms with van der Waals surface area (Å²) in [4.78, 5) is 21.4. The number of carbonyl (C=O) groups is 1. The molecule has 2 aromatic heterocycles. The van der Waals surface area contributed by atoms with Crippen LogP contribution in [-0.2, 0) is 6.54 Å². The van der Waals surface area contributed by atoms with Crippen molar-refractivity contribution in [1.29, 1.82) is 0 Å². The van der Waals surface area contributed by atoms with Crippen LogP contribution in [0.5, 0.6) is 11.5 Å². The number of aromatic nitrogens is 3. The van der Waals surface area contributed by atoms with Gasteiger partial charge in [-0.25, -0.2) is 4.98 Å². The number of para-hydroxylation sites is 4. The standard InChI is InChI=1S/C26H28N4O3/c1-19(28-26(31)20-13-15-27-16-14-20)25-29-21-9-3-4-10-22(21)30(25)17-7-8-18-33-24-12-6-5-11-23(24)32-2/h3-6,9-16,19H,7-8,17-18H2,1-2H3,(H,28,31). The maximum atomic E-state index is 12.6. The Balaban J connectivity index is 1.42. The van der Waals surface area contributed by atoms with Crippen molar-refractivity contribution in [2.45, 2.75) is 32.4 Å². The highest BCUT2D eigenvalue weighted by Crippen LogP contribution is 2.26. The first-order valence-electron chi connectivity index (χ1n) is 11.1. The topological polar surface area (TPSA) is 78.3 Å². The van der Waals surface area contributed by atoms with E-state index in [0.717, 1.165) is 47.7 Å². The fourth-order valence-electron chi connectivity index (χ4n) is 3.80. The van der Waals surface area contributed by atoms with Crippen LogP contribution < -0.4 is 14.8 Å². The van der Waals surface area contributed by atoms with Crippen molar-refractivity contribution in [2.75, 3.05) is 13.7 Å². The van der Waals surface area contributed by atoms with E-state index in [1.165, 1.54) is 0 Å². The summed E-state index contributed by atoms with van der Waals surface area (Å²) in [5.74, 6) is 2.18. The zero-order valence-electron chi connectivity index (χ0n) is 18.9. The predicted molar refractivity (Wildman–Crippen MR) is 128 cm³/mol. The SMILES string of the molecule is COc1ccccc1OCCCCn1c(C(C)NC(=O)c2ccncc2)nc2ccccc21. The van der Waals surface area contributed by atoms with Crippen molar-refractivity contribution in [3.63, 3.8) is 0 Å². The molecule has 0 radical (unpaired) electrons. The van der Waals surface area contributed by atoms with Crippen LogP contribution in [-0.4, -0.2) is 34.2 Å². The third kappa shape index (κ3) is 5.31. The number of ether oxygens (including phenoxy) is 2. The van der Waals surface area contributed by atoms with Gasteiger partial charge in [-0.2, -0.15) is 0 Å². The minimum Gasteiger partial charge on any atom is -0.493 e. The number of hydrogen-bond donors (Lipinski definition) is 1. The van der Waals surface area contributed by atoms with Gasteiger partial charge in [0, 0.05) is 24.5 Å². The average Bonchev–Trinajstić information content (AvgIpc) is 3.23. The van der Waals surface area contributed by atoms with Crippen LogP contribution in [0.3, 0.4) is 0 Å². The number of aryl methyl sites for hydroxylation is 1. The summed E-state index contributed by atoms with van der Waals surface area (Å²) in [5, 5.41) is 3.06. The van der Waals surface area contributed by atoms with E-state index in [1.54, 1.807) is 31.6 Å². The number of amides is 1. The molecule has 170 valence electrons. The molecule has 0 aliphatic carbocycles. The van der Waals surface area contributed by atoms with Gasteiger partial charge in [0.25, 0.3) is 5.91 Å². The third-order valence-electron chi connectivity index (χ3n) is 5.46. The number of fused-ring (bicyclic) bond motifs is 1. The Kier molecular flexibility index (Phi) is 7.19. The number of benzene rings is 2. The minimum atomic E-state index is -0.247. The monoisotopic (exact) mass is 444 g/mol. The lowest BCUT2D eigenvalue weighted by Crippen LogP contribution is -2.28. The van der Waals surface area contributed by atoms with Crippen molar-refractivity contribution in [2.24, 2.45) is 0 Å². The van der Waals surface area contributed by atoms with Crippen molar-refractivity contribution in [3.05, 3.63) is 84.4 Å². The Bertz CT molecular complexity index is 1210. The number of unbranched alkanes of at least 4 members (excludes halogenated alkanes) is 1. The average molecular weight is 445 g/mol. The maximum Gasteiger partial charge on any atom is 0.251 e. The first-order chi connectivity index (χ1) is 16.2. The second kappa shape index (κ2) is 10.6. The number of carbonyl (C=O) groups excluding carboxylic acids is 1. The molecular weight excluding hydrogens is 416 g/mol. The van der Waals surface area contributed by atoms with Gasteiger partial charge in [-0.05, 0) is 56.2 Å². The molecule has 4 rings (SSSR count). The number of rotatable bonds is 10. The minimum absolute atomic E-state index is 0.145. The van der Waals surface area contributed by atoms with Gasteiger partial charge in [-0.15, -0.1) is 0 Å². The van der Waals surface area contributed by atoms with E-state index in [4.69, 9.17) is 14.5 Å². The fourth-order valence-corrected chi connectivity index (χ4v) is 3.80. The summed E-state index contributed by atoms with van der Waals surface area (Å²) in [6.45, 7) is 3.33. The summed E-state index contributed by atoms with van der Waals surface area (Å²) < 4.78 is 13.4. The van der Waals surface area contributed by atoms with E-state index < -0.39 is 0 Å². The third-order valence-corrected chi connectivity index (χ3v) is 5.46. The predicted octanol–water partition coefficient (Wildman–Crippen LogP) is 4.79. The maximum absolute atomic E-state index is 12.6. The number of hydrogen-bond acceptors (Lipinski definition) is 5. The molecule has 2 aromatic carbocycles. The molecule has 1 atom stereocenters. The Morgan fingerprint density at radius 2 is 1.73 bits per heavy atom. The Morgan fingerprint density at radius 3 is 2.52 bits per heavy atom. The highest BCUT2D eigenvalue weighted by Gasteiger charge is 2.19. The molecule has 0 bridgehead atoms. The number of imidazole rings is 1. The van der Waals surface area contributed by atoms with Crippen LogP contribution in [0.15, 0.2) is 73.1 Å².